The maximum absolute atomic E-state index is 12.7. The molecule has 2 aromatic heterocycles. The number of para-hydroxylation sites is 2. The summed E-state index contributed by atoms with van der Waals surface area (Å²) in [5.41, 5.74) is 3.26. The Morgan fingerprint density at radius 3 is 2.16 bits per heavy atom. The van der Waals surface area contributed by atoms with Gasteiger partial charge in [0.25, 0.3) is 0 Å². The van der Waals surface area contributed by atoms with E-state index < -0.39 is 0 Å². The lowest BCUT2D eigenvalue weighted by Gasteiger charge is -2.31. The summed E-state index contributed by atoms with van der Waals surface area (Å²) in [5.74, 6) is -0.490. The van der Waals surface area contributed by atoms with Gasteiger partial charge in [0.15, 0.2) is 11.6 Å². The Morgan fingerprint density at radius 1 is 0.774 bits per heavy atom. The second-order valence-electron chi connectivity index (χ2n) is 7.19. The van der Waals surface area contributed by atoms with Crippen LogP contribution in [-0.4, -0.2) is 16.6 Å². The number of carbonyl (C=O) groups excluding carboxylic acids is 2. The highest BCUT2D eigenvalue weighted by atomic mass is 32.2. The minimum Gasteiger partial charge on any atom is -0.300 e. The summed E-state index contributed by atoms with van der Waals surface area (Å²) in [4.78, 5) is 34.9. The molecule has 6 rings (SSSR count). The molecule has 1 aliphatic heterocycles. The zero-order chi connectivity index (χ0) is 20.9. The number of benzene rings is 2. The van der Waals surface area contributed by atoms with Gasteiger partial charge >= 0.3 is 0 Å². The monoisotopic (exact) mass is 438 g/mol. The standard InChI is InChI=1S/C25H14N2O2S2/c28-24-16-11-12-26-14-18(16)25(29)17(24)13-15-9-10-23(30-15)27-19-5-1-3-7-21(19)31-22-8-4-2-6-20(22)27/h1-14H/b17-13+. The Kier molecular flexibility index (Phi) is 4.16. The molecule has 4 nitrogen and oxygen atoms in total. The van der Waals surface area contributed by atoms with Gasteiger partial charge in [0.1, 0.15) is 5.00 Å². The highest BCUT2D eigenvalue weighted by Gasteiger charge is 2.33. The molecule has 1 aliphatic carbocycles. The minimum absolute atomic E-state index is 0.200. The van der Waals surface area contributed by atoms with Gasteiger partial charge in [0, 0.05) is 32.6 Å². The molecule has 0 unspecified atom stereocenters. The molecule has 0 atom stereocenters. The summed E-state index contributed by atoms with van der Waals surface area (Å²) < 4.78 is 0. The van der Waals surface area contributed by atoms with Crippen molar-refractivity contribution in [1.82, 2.24) is 4.98 Å². The molecule has 4 aromatic rings. The van der Waals surface area contributed by atoms with Crippen LogP contribution in [0.1, 0.15) is 25.6 Å². The molecule has 2 aliphatic rings. The number of hydrogen-bond donors (Lipinski definition) is 0. The first-order valence-electron chi connectivity index (χ1n) is 9.72. The van der Waals surface area contributed by atoms with Crippen molar-refractivity contribution < 1.29 is 9.59 Å². The molecule has 6 heteroatoms. The lowest BCUT2D eigenvalue weighted by Crippen LogP contribution is -2.13. The number of carbonyl (C=O) groups is 2. The molecule has 3 heterocycles. The van der Waals surface area contributed by atoms with Crippen molar-refractivity contribution in [3.63, 3.8) is 0 Å². The molecular weight excluding hydrogens is 424 g/mol. The zero-order valence-electron chi connectivity index (χ0n) is 16.1. The maximum atomic E-state index is 12.7. The van der Waals surface area contributed by atoms with Gasteiger partial charge in [-0.3, -0.25) is 19.5 Å². The van der Waals surface area contributed by atoms with Crippen molar-refractivity contribution in [3.8, 4) is 0 Å². The molecule has 0 saturated carbocycles. The number of ketones is 2. The van der Waals surface area contributed by atoms with Gasteiger partial charge in [-0.25, -0.2) is 0 Å². The van der Waals surface area contributed by atoms with Gasteiger partial charge in [0.05, 0.1) is 22.5 Å². The van der Waals surface area contributed by atoms with Crippen molar-refractivity contribution in [1.29, 1.82) is 0 Å². The predicted octanol–water partition coefficient (Wildman–Crippen LogP) is 6.54. The molecule has 0 N–H and O–H groups in total. The van der Waals surface area contributed by atoms with Crippen LogP contribution in [0, 0.1) is 0 Å². The fourth-order valence-corrected chi connectivity index (χ4v) is 5.96. The molecule has 148 valence electrons. The van der Waals surface area contributed by atoms with Crippen LogP contribution in [0.5, 0.6) is 0 Å². The number of Topliss-reactive ketones (excluding diaryl/α,β-unsaturated/α-hetero) is 2. The lowest BCUT2D eigenvalue weighted by molar-refractivity contribution is 0.0990. The van der Waals surface area contributed by atoms with Crippen LogP contribution in [-0.2, 0) is 0 Å². The van der Waals surface area contributed by atoms with E-state index in [9.17, 15) is 9.59 Å². The van der Waals surface area contributed by atoms with Crippen molar-refractivity contribution >= 4 is 57.1 Å². The Morgan fingerprint density at radius 2 is 1.45 bits per heavy atom. The molecule has 0 fully saturated rings. The Labute approximate surface area is 186 Å². The van der Waals surface area contributed by atoms with E-state index in [0.717, 1.165) is 21.3 Å². The summed E-state index contributed by atoms with van der Waals surface area (Å²) in [6.07, 6.45) is 4.71. The van der Waals surface area contributed by atoms with E-state index in [0.29, 0.717) is 11.1 Å². The largest absolute Gasteiger partial charge is 0.300 e. The second-order valence-corrected chi connectivity index (χ2v) is 9.36. The fraction of sp³-hybridized carbons (Fsp3) is 0. The molecular formula is C25H14N2O2S2. The first-order valence-corrected chi connectivity index (χ1v) is 11.3. The molecule has 0 saturated heterocycles. The third-order valence-corrected chi connectivity index (χ3v) is 7.50. The van der Waals surface area contributed by atoms with E-state index in [-0.39, 0.29) is 17.1 Å². The average molecular weight is 439 g/mol. The minimum atomic E-state index is -0.256. The van der Waals surface area contributed by atoms with E-state index in [1.165, 1.54) is 16.0 Å². The topological polar surface area (TPSA) is 50.3 Å². The highest BCUT2D eigenvalue weighted by Crippen LogP contribution is 2.52. The zero-order valence-corrected chi connectivity index (χ0v) is 17.7. The van der Waals surface area contributed by atoms with Gasteiger partial charge in [-0.15, -0.1) is 11.3 Å². The number of fused-ring (bicyclic) bond motifs is 3. The normalized spacial score (nSPS) is 15.7. The summed E-state index contributed by atoms with van der Waals surface area (Å²) in [6.45, 7) is 0. The Balaban J connectivity index is 1.43. The summed E-state index contributed by atoms with van der Waals surface area (Å²) in [6, 6.07) is 22.3. The summed E-state index contributed by atoms with van der Waals surface area (Å²) >= 11 is 3.32. The Hall–Kier alpha value is -3.48. The number of hydrogen-bond acceptors (Lipinski definition) is 6. The van der Waals surface area contributed by atoms with E-state index in [1.54, 1.807) is 41.4 Å². The second kappa shape index (κ2) is 7.04. The van der Waals surface area contributed by atoms with Crippen molar-refractivity contribution in [2.24, 2.45) is 0 Å². The van der Waals surface area contributed by atoms with Crippen LogP contribution >= 0.6 is 23.1 Å². The number of thiophene rings is 1. The third kappa shape index (κ3) is 2.87. The van der Waals surface area contributed by atoms with Gasteiger partial charge in [-0.2, -0.15) is 0 Å². The van der Waals surface area contributed by atoms with E-state index in [4.69, 9.17) is 0 Å². The lowest BCUT2D eigenvalue weighted by atomic mass is 10.1. The van der Waals surface area contributed by atoms with E-state index in [1.807, 2.05) is 36.4 Å². The number of aromatic nitrogens is 1. The maximum Gasteiger partial charge on any atom is 0.199 e. The number of pyridine rings is 1. The predicted molar refractivity (Wildman–Crippen MR) is 124 cm³/mol. The van der Waals surface area contributed by atoms with Crippen LogP contribution in [0.3, 0.4) is 0 Å². The molecule has 0 amide bonds. The molecule has 31 heavy (non-hydrogen) atoms. The molecule has 0 spiro atoms. The smallest absolute Gasteiger partial charge is 0.199 e. The van der Waals surface area contributed by atoms with Crippen LogP contribution in [0.4, 0.5) is 16.4 Å². The van der Waals surface area contributed by atoms with Crippen molar-refractivity contribution in [2.45, 2.75) is 9.79 Å². The first-order chi connectivity index (χ1) is 15.2. The fourth-order valence-electron chi connectivity index (χ4n) is 3.92. The van der Waals surface area contributed by atoms with Crippen LogP contribution in [0.2, 0.25) is 0 Å². The summed E-state index contributed by atoms with van der Waals surface area (Å²) in [5, 5.41) is 1.03. The van der Waals surface area contributed by atoms with Gasteiger partial charge in [0.2, 0.25) is 0 Å². The highest BCUT2D eigenvalue weighted by molar-refractivity contribution is 7.99. The summed E-state index contributed by atoms with van der Waals surface area (Å²) in [7, 11) is 0. The van der Waals surface area contributed by atoms with Gasteiger partial charge < -0.3 is 0 Å². The van der Waals surface area contributed by atoms with Gasteiger partial charge in [-0.1, -0.05) is 36.0 Å². The molecule has 0 bridgehead atoms. The number of rotatable bonds is 2. The van der Waals surface area contributed by atoms with Crippen molar-refractivity contribution in [2.75, 3.05) is 4.90 Å². The van der Waals surface area contributed by atoms with E-state index >= 15 is 0 Å². The average Bonchev–Trinajstić information content (AvgIpc) is 3.36. The quantitative estimate of drug-likeness (QED) is 0.231. The molecule has 0 radical (unpaired) electrons. The van der Waals surface area contributed by atoms with Gasteiger partial charge in [-0.05, 0) is 48.5 Å². The SMILES string of the molecule is O=C1/C(=C\c2ccc(N3c4ccccc4Sc4ccccc43)s2)C(=O)c2cnccc21. The van der Waals surface area contributed by atoms with Crippen LogP contribution in [0.15, 0.2) is 94.5 Å². The first kappa shape index (κ1) is 18.3. The molecule has 2 aromatic carbocycles. The number of anilines is 3. The number of nitrogens with zero attached hydrogens (tertiary/aromatic N) is 2. The van der Waals surface area contributed by atoms with Crippen LogP contribution < -0.4 is 4.90 Å². The Bertz CT molecular complexity index is 1340. The third-order valence-electron chi connectivity index (χ3n) is 5.35. The van der Waals surface area contributed by atoms with Crippen LogP contribution in [0.25, 0.3) is 6.08 Å². The number of allylic oxidation sites excluding steroid dienone is 1. The van der Waals surface area contributed by atoms with Crippen molar-refractivity contribution in [3.05, 3.63) is 101 Å². The van der Waals surface area contributed by atoms with E-state index in [2.05, 4.69) is 34.1 Å².